The van der Waals surface area contributed by atoms with E-state index in [0.29, 0.717) is 5.56 Å². The van der Waals surface area contributed by atoms with Crippen LogP contribution in [0.1, 0.15) is 36.7 Å². The number of rotatable bonds is 5. The number of carbonyl (C=O) groups excluding carboxylic acids is 1. The molecule has 0 fully saturated rings. The average Bonchev–Trinajstić information content (AvgIpc) is 2.34. The summed E-state index contributed by atoms with van der Waals surface area (Å²) in [6.07, 6.45) is 0.914. The van der Waals surface area contributed by atoms with E-state index in [-0.39, 0.29) is 18.5 Å². The maximum absolute atomic E-state index is 12.2. The van der Waals surface area contributed by atoms with Crippen molar-refractivity contribution in [2.24, 2.45) is 0 Å². The SMILES string of the molecule is CCc1ccc(C(=O)N(CC(=O)O)C(C)C)cc1. The molecule has 0 radical (unpaired) electrons. The van der Waals surface area contributed by atoms with Crippen LogP contribution in [0.3, 0.4) is 0 Å². The molecule has 0 aliphatic heterocycles. The molecule has 0 aliphatic rings. The molecule has 1 rings (SSSR count). The van der Waals surface area contributed by atoms with Crippen LogP contribution in [0.2, 0.25) is 0 Å². The predicted molar refractivity (Wildman–Crippen MR) is 69.6 cm³/mol. The van der Waals surface area contributed by atoms with Crippen LogP contribution >= 0.6 is 0 Å². The highest BCUT2D eigenvalue weighted by atomic mass is 16.4. The normalized spacial score (nSPS) is 10.4. The van der Waals surface area contributed by atoms with Crippen molar-refractivity contribution in [3.8, 4) is 0 Å². The van der Waals surface area contributed by atoms with Gasteiger partial charge in [-0.1, -0.05) is 19.1 Å². The molecule has 4 heteroatoms. The van der Waals surface area contributed by atoms with Crippen LogP contribution in [0.4, 0.5) is 0 Å². The molecule has 0 unspecified atom stereocenters. The smallest absolute Gasteiger partial charge is 0.323 e. The summed E-state index contributed by atoms with van der Waals surface area (Å²) in [5.74, 6) is -1.24. The van der Waals surface area contributed by atoms with Crippen molar-refractivity contribution in [1.82, 2.24) is 4.90 Å². The summed E-state index contributed by atoms with van der Waals surface area (Å²) < 4.78 is 0. The zero-order valence-corrected chi connectivity index (χ0v) is 11.0. The average molecular weight is 249 g/mol. The van der Waals surface area contributed by atoms with E-state index in [1.807, 2.05) is 19.1 Å². The van der Waals surface area contributed by atoms with Crippen molar-refractivity contribution >= 4 is 11.9 Å². The van der Waals surface area contributed by atoms with Crippen molar-refractivity contribution in [1.29, 1.82) is 0 Å². The first-order valence-electron chi connectivity index (χ1n) is 6.07. The molecular weight excluding hydrogens is 230 g/mol. The van der Waals surface area contributed by atoms with Crippen LogP contribution in [0, 0.1) is 0 Å². The van der Waals surface area contributed by atoms with Crippen molar-refractivity contribution in [3.63, 3.8) is 0 Å². The molecule has 1 aromatic carbocycles. The molecule has 98 valence electrons. The lowest BCUT2D eigenvalue weighted by Gasteiger charge is -2.25. The Morgan fingerprint density at radius 1 is 1.22 bits per heavy atom. The zero-order valence-electron chi connectivity index (χ0n) is 11.0. The lowest BCUT2D eigenvalue weighted by Crippen LogP contribution is -2.40. The second kappa shape index (κ2) is 6.19. The highest BCUT2D eigenvalue weighted by molar-refractivity contribution is 5.96. The molecule has 0 spiro atoms. The number of amides is 1. The number of hydrogen-bond acceptors (Lipinski definition) is 2. The Labute approximate surface area is 107 Å². The van der Waals surface area contributed by atoms with Gasteiger partial charge in [0, 0.05) is 11.6 Å². The fraction of sp³-hybridized carbons (Fsp3) is 0.429. The van der Waals surface area contributed by atoms with Gasteiger partial charge in [0.1, 0.15) is 6.54 Å². The molecule has 0 saturated heterocycles. The third-order valence-electron chi connectivity index (χ3n) is 2.80. The molecule has 1 N–H and O–H groups in total. The Kier molecular flexibility index (Phi) is 4.89. The molecule has 0 atom stereocenters. The van der Waals surface area contributed by atoms with Crippen LogP contribution < -0.4 is 0 Å². The maximum Gasteiger partial charge on any atom is 0.323 e. The number of carboxylic acids is 1. The van der Waals surface area contributed by atoms with Crippen LogP contribution in [0.5, 0.6) is 0 Å². The van der Waals surface area contributed by atoms with Gasteiger partial charge in [-0.05, 0) is 38.0 Å². The van der Waals surface area contributed by atoms with Gasteiger partial charge >= 0.3 is 5.97 Å². The molecule has 0 aromatic heterocycles. The summed E-state index contributed by atoms with van der Waals surface area (Å²) in [5, 5.41) is 8.82. The first-order valence-corrected chi connectivity index (χ1v) is 6.07. The number of hydrogen-bond donors (Lipinski definition) is 1. The molecule has 0 aliphatic carbocycles. The van der Waals surface area contributed by atoms with E-state index in [4.69, 9.17) is 5.11 Å². The number of carboxylic acid groups (broad SMARTS) is 1. The second-order valence-corrected chi connectivity index (χ2v) is 4.47. The van der Waals surface area contributed by atoms with E-state index in [1.165, 1.54) is 4.90 Å². The fourth-order valence-corrected chi connectivity index (χ4v) is 1.68. The molecule has 0 saturated carbocycles. The van der Waals surface area contributed by atoms with Crippen molar-refractivity contribution in [3.05, 3.63) is 35.4 Å². The summed E-state index contributed by atoms with van der Waals surface area (Å²) in [7, 11) is 0. The van der Waals surface area contributed by atoms with Gasteiger partial charge in [-0.25, -0.2) is 0 Å². The Morgan fingerprint density at radius 2 is 1.78 bits per heavy atom. The van der Waals surface area contributed by atoms with Gasteiger partial charge in [0.25, 0.3) is 5.91 Å². The summed E-state index contributed by atoms with van der Waals surface area (Å²) in [5.41, 5.74) is 1.68. The molecule has 18 heavy (non-hydrogen) atoms. The van der Waals surface area contributed by atoms with Gasteiger partial charge < -0.3 is 10.0 Å². The van der Waals surface area contributed by atoms with Crippen LogP contribution in [0.25, 0.3) is 0 Å². The number of aryl methyl sites for hydroxylation is 1. The third-order valence-corrected chi connectivity index (χ3v) is 2.80. The Bertz CT molecular complexity index is 423. The van der Waals surface area contributed by atoms with Crippen molar-refractivity contribution < 1.29 is 14.7 Å². The monoisotopic (exact) mass is 249 g/mol. The quantitative estimate of drug-likeness (QED) is 0.870. The molecule has 4 nitrogen and oxygen atoms in total. The van der Waals surface area contributed by atoms with E-state index < -0.39 is 5.97 Å². The Balaban J connectivity index is 2.90. The van der Waals surface area contributed by atoms with Crippen LogP contribution in [0.15, 0.2) is 24.3 Å². The molecule has 1 amide bonds. The van der Waals surface area contributed by atoms with E-state index in [1.54, 1.807) is 26.0 Å². The van der Waals surface area contributed by atoms with Crippen molar-refractivity contribution in [2.45, 2.75) is 33.2 Å². The Morgan fingerprint density at radius 3 is 2.17 bits per heavy atom. The largest absolute Gasteiger partial charge is 0.480 e. The highest BCUT2D eigenvalue weighted by Gasteiger charge is 2.20. The topological polar surface area (TPSA) is 57.6 Å². The van der Waals surface area contributed by atoms with Gasteiger partial charge in [0.05, 0.1) is 0 Å². The summed E-state index contributed by atoms with van der Waals surface area (Å²) in [6, 6.07) is 7.15. The number of benzene rings is 1. The number of carbonyl (C=O) groups is 2. The van der Waals surface area contributed by atoms with Crippen molar-refractivity contribution in [2.75, 3.05) is 6.54 Å². The molecule has 1 aromatic rings. The fourth-order valence-electron chi connectivity index (χ4n) is 1.68. The maximum atomic E-state index is 12.2. The third kappa shape index (κ3) is 3.58. The predicted octanol–water partition coefficient (Wildman–Crippen LogP) is 2.18. The highest BCUT2D eigenvalue weighted by Crippen LogP contribution is 2.10. The second-order valence-electron chi connectivity index (χ2n) is 4.47. The van der Waals surface area contributed by atoms with Crippen LogP contribution in [-0.2, 0) is 11.2 Å². The summed E-state index contributed by atoms with van der Waals surface area (Å²) >= 11 is 0. The molecule has 0 heterocycles. The van der Waals surface area contributed by atoms with Gasteiger partial charge in [0.2, 0.25) is 0 Å². The minimum Gasteiger partial charge on any atom is -0.480 e. The zero-order chi connectivity index (χ0) is 13.7. The van der Waals surface area contributed by atoms with Gasteiger partial charge in [-0.2, -0.15) is 0 Å². The Hall–Kier alpha value is -1.84. The summed E-state index contributed by atoms with van der Waals surface area (Å²) in [6.45, 7) is 5.39. The van der Waals surface area contributed by atoms with Gasteiger partial charge in [-0.15, -0.1) is 0 Å². The lowest BCUT2D eigenvalue weighted by atomic mass is 10.1. The molecule has 0 bridgehead atoms. The molecular formula is C14H19NO3. The number of aliphatic carboxylic acids is 1. The lowest BCUT2D eigenvalue weighted by molar-refractivity contribution is -0.138. The van der Waals surface area contributed by atoms with Gasteiger partial charge in [-0.3, -0.25) is 9.59 Å². The summed E-state index contributed by atoms with van der Waals surface area (Å²) in [4.78, 5) is 24.3. The standard InChI is InChI=1S/C14H19NO3/c1-4-11-5-7-12(8-6-11)14(18)15(10(2)3)9-13(16)17/h5-8,10H,4,9H2,1-3H3,(H,16,17). The minimum absolute atomic E-state index is 0.139. The first kappa shape index (κ1) is 14.2. The van der Waals surface area contributed by atoms with E-state index in [0.717, 1.165) is 12.0 Å². The van der Waals surface area contributed by atoms with E-state index in [2.05, 4.69) is 0 Å². The van der Waals surface area contributed by atoms with Gasteiger partial charge in [0.15, 0.2) is 0 Å². The van der Waals surface area contributed by atoms with E-state index in [9.17, 15) is 9.59 Å². The minimum atomic E-state index is -0.998. The van der Waals surface area contributed by atoms with E-state index >= 15 is 0 Å². The van der Waals surface area contributed by atoms with Crippen LogP contribution in [-0.4, -0.2) is 34.5 Å². The first-order chi connectivity index (χ1) is 8.45. The number of nitrogens with zero attached hydrogens (tertiary/aromatic N) is 1.